The number of aromatic nitrogens is 3. The molecule has 2 amide bonds. The molecular formula is C16H27N5O2S2. The highest BCUT2D eigenvalue weighted by atomic mass is 32.2. The number of thioether (sulfide) groups is 2. The SMILES string of the molecule is CSC(C)Cc1nc(SCC(=O)N2CCCCC2)n(C(=O)N(C)C)n1. The lowest BCUT2D eigenvalue weighted by Crippen LogP contribution is -2.36. The average molecular weight is 386 g/mol. The molecule has 2 rings (SSSR count). The van der Waals surface area contributed by atoms with Gasteiger partial charge in [0, 0.05) is 38.9 Å². The van der Waals surface area contributed by atoms with E-state index in [1.54, 1.807) is 25.9 Å². The highest BCUT2D eigenvalue weighted by molar-refractivity contribution is 7.99. The predicted octanol–water partition coefficient (Wildman–Crippen LogP) is 2.21. The summed E-state index contributed by atoms with van der Waals surface area (Å²) < 4.78 is 1.32. The van der Waals surface area contributed by atoms with Crippen LogP contribution < -0.4 is 0 Å². The van der Waals surface area contributed by atoms with E-state index in [0.717, 1.165) is 25.9 Å². The molecule has 0 spiro atoms. The zero-order chi connectivity index (χ0) is 18.4. The Hall–Kier alpha value is -1.22. The maximum absolute atomic E-state index is 12.4. The van der Waals surface area contributed by atoms with Crippen LogP contribution in [-0.2, 0) is 11.2 Å². The van der Waals surface area contributed by atoms with Crippen molar-refractivity contribution in [2.24, 2.45) is 0 Å². The van der Waals surface area contributed by atoms with Crippen LogP contribution in [0.15, 0.2) is 5.16 Å². The van der Waals surface area contributed by atoms with Crippen molar-refractivity contribution in [3.8, 4) is 0 Å². The summed E-state index contributed by atoms with van der Waals surface area (Å²) in [5, 5.41) is 5.23. The molecule has 9 heteroatoms. The van der Waals surface area contributed by atoms with Crippen molar-refractivity contribution in [1.82, 2.24) is 24.6 Å². The summed E-state index contributed by atoms with van der Waals surface area (Å²) in [6.45, 7) is 3.77. The van der Waals surface area contributed by atoms with E-state index >= 15 is 0 Å². The molecule has 0 aromatic carbocycles. The van der Waals surface area contributed by atoms with Gasteiger partial charge in [-0.05, 0) is 25.5 Å². The smallest absolute Gasteiger partial charge is 0.342 e. The first-order chi connectivity index (χ1) is 11.9. The highest BCUT2D eigenvalue weighted by Gasteiger charge is 2.22. The maximum atomic E-state index is 12.4. The van der Waals surface area contributed by atoms with E-state index in [0.29, 0.717) is 22.7 Å². The van der Waals surface area contributed by atoms with Crippen LogP contribution in [0.25, 0.3) is 0 Å². The molecule has 0 N–H and O–H groups in total. The van der Waals surface area contributed by atoms with E-state index in [-0.39, 0.29) is 17.7 Å². The van der Waals surface area contributed by atoms with Gasteiger partial charge in [0.15, 0.2) is 11.0 Å². The highest BCUT2D eigenvalue weighted by Crippen LogP contribution is 2.20. The van der Waals surface area contributed by atoms with Gasteiger partial charge in [-0.25, -0.2) is 9.78 Å². The fraction of sp³-hybridized carbons (Fsp3) is 0.750. The van der Waals surface area contributed by atoms with E-state index in [2.05, 4.69) is 17.0 Å². The number of carbonyl (C=O) groups is 2. The summed E-state index contributed by atoms with van der Waals surface area (Å²) in [7, 11) is 3.36. The van der Waals surface area contributed by atoms with Gasteiger partial charge in [0.1, 0.15) is 0 Å². The quantitative estimate of drug-likeness (QED) is 0.699. The van der Waals surface area contributed by atoms with Gasteiger partial charge in [-0.2, -0.15) is 16.4 Å². The van der Waals surface area contributed by atoms with Crippen molar-refractivity contribution in [3.63, 3.8) is 0 Å². The second kappa shape index (κ2) is 9.47. The van der Waals surface area contributed by atoms with Gasteiger partial charge in [0.25, 0.3) is 0 Å². The first-order valence-corrected chi connectivity index (χ1v) is 10.8. The molecule has 0 aliphatic carbocycles. The topological polar surface area (TPSA) is 71.3 Å². The van der Waals surface area contributed by atoms with Crippen LogP contribution >= 0.6 is 23.5 Å². The number of carbonyl (C=O) groups excluding carboxylic acids is 2. The average Bonchev–Trinajstić information content (AvgIpc) is 3.01. The van der Waals surface area contributed by atoms with E-state index < -0.39 is 0 Å². The van der Waals surface area contributed by atoms with Gasteiger partial charge in [-0.15, -0.1) is 5.10 Å². The minimum Gasteiger partial charge on any atom is -0.342 e. The number of rotatable bonds is 6. The lowest BCUT2D eigenvalue weighted by molar-refractivity contribution is -0.129. The molecule has 1 atom stereocenters. The monoisotopic (exact) mass is 385 g/mol. The van der Waals surface area contributed by atoms with Crippen LogP contribution in [0.4, 0.5) is 4.79 Å². The van der Waals surface area contributed by atoms with Crippen molar-refractivity contribution >= 4 is 35.5 Å². The molecule has 1 aliphatic heterocycles. The Morgan fingerprint density at radius 2 is 1.92 bits per heavy atom. The Morgan fingerprint density at radius 3 is 2.52 bits per heavy atom. The van der Waals surface area contributed by atoms with Gasteiger partial charge in [0.05, 0.1) is 5.75 Å². The fourth-order valence-corrected chi connectivity index (χ4v) is 3.70. The number of likely N-dealkylation sites (tertiary alicyclic amines) is 1. The summed E-state index contributed by atoms with van der Waals surface area (Å²) in [5.74, 6) is 1.04. The molecule has 1 aliphatic rings. The first-order valence-electron chi connectivity index (χ1n) is 8.53. The summed E-state index contributed by atoms with van der Waals surface area (Å²) in [5.41, 5.74) is 0. The Labute approximate surface area is 157 Å². The van der Waals surface area contributed by atoms with Gasteiger partial charge in [0.2, 0.25) is 5.91 Å². The molecule has 0 saturated carbocycles. The molecule has 1 saturated heterocycles. The third-order valence-electron chi connectivity index (χ3n) is 4.09. The first kappa shape index (κ1) is 20.1. The molecular weight excluding hydrogens is 358 g/mol. The van der Waals surface area contributed by atoms with E-state index in [4.69, 9.17) is 0 Å². The fourth-order valence-electron chi connectivity index (χ4n) is 2.53. The summed E-state index contributed by atoms with van der Waals surface area (Å²) in [6.07, 6.45) is 6.08. The van der Waals surface area contributed by atoms with Crippen LogP contribution in [0.2, 0.25) is 0 Å². The molecule has 140 valence electrons. The maximum Gasteiger partial charge on any atom is 0.346 e. The molecule has 7 nitrogen and oxygen atoms in total. The van der Waals surface area contributed by atoms with Crippen molar-refractivity contribution in [2.45, 2.75) is 43.0 Å². The van der Waals surface area contributed by atoms with E-state index in [1.807, 2.05) is 11.2 Å². The summed E-state index contributed by atoms with van der Waals surface area (Å²) in [4.78, 5) is 32.6. The van der Waals surface area contributed by atoms with Gasteiger partial charge in [-0.1, -0.05) is 18.7 Å². The standard InChI is InChI=1S/C16H27N5O2S2/c1-12(24-4)10-13-17-15(21(18-13)16(23)19(2)3)25-11-14(22)20-8-6-5-7-9-20/h12H,5-11H2,1-4H3. The molecule has 0 radical (unpaired) electrons. The van der Waals surface area contributed by atoms with Crippen molar-refractivity contribution in [2.75, 3.05) is 39.2 Å². The number of nitrogens with zero attached hydrogens (tertiary/aromatic N) is 5. The lowest BCUT2D eigenvalue weighted by atomic mass is 10.1. The van der Waals surface area contributed by atoms with Crippen molar-refractivity contribution in [1.29, 1.82) is 0 Å². The molecule has 1 aromatic heterocycles. The number of amides is 2. The van der Waals surface area contributed by atoms with Crippen LogP contribution in [0.5, 0.6) is 0 Å². The van der Waals surface area contributed by atoms with Crippen LogP contribution in [0, 0.1) is 0 Å². The molecule has 25 heavy (non-hydrogen) atoms. The number of hydrogen-bond acceptors (Lipinski definition) is 6. The number of hydrogen-bond donors (Lipinski definition) is 0. The van der Waals surface area contributed by atoms with Crippen LogP contribution in [0.3, 0.4) is 0 Å². The summed E-state index contributed by atoms with van der Waals surface area (Å²) >= 11 is 3.03. The van der Waals surface area contributed by atoms with Crippen molar-refractivity contribution in [3.05, 3.63) is 5.82 Å². The molecule has 1 aromatic rings. The zero-order valence-corrected chi connectivity index (χ0v) is 17.0. The minimum atomic E-state index is -0.247. The zero-order valence-electron chi connectivity index (χ0n) is 15.4. The van der Waals surface area contributed by atoms with Gasteiger partial charge in [-0.3, -0.25) is 4.79 Å². The van der Waals surface area contributed by atoms with Crippen LogP contribution in [-0.4, -0.2) is 80.9 Å². The minimum absolute atomic E-state index is 0.107. The molecule has 1 unspecified atom stereocenters. The third kappa shape index (κ3) is 5.64. The lowest BCUT2D eigenvalue weighted by Gasteiger charge is -2.26. The Balaban J connectivity index is 2.08. The Morgan fingerprint density at radius 1 is 1.24 bits per heavy atom. The molecule has 1 fully saturated rings. The second-order valence-electron chi connectivity index (χ2n) is 6.38. The normalized spacial score (nSPS) is 15.9. The van der Waals surface area contributed by atoms with E-state index in [1.165, 1.54) is 27.8 Å². The second-order valence-corrected chi connectivity index (χ2v) is 8.60. The Kier molecular flexibility index (Phi) is 7.61. The molecule has 0 bridgehead atoms. The largest absolute Gasteiger partial charge is 0.346 e. The Bertz CT molecular complexity index is 599. The predicted molar refractivity (Wildman–Crippen MR) is 102 cm³/mol. The van der Waals surface area contributed by atoms with E-state index in [9.17, 15) is 9.59 Å². The van der Waals surface area contributed by atoms with Crippen molar-refractivity contribution < 1.29 is 9.59 Å². The summed E-state index contributed by atoms with van der Waals surface area (Å²) in [6, 6.07) is -0.247. The molecule has 2 heterocycles. The van der Waals surface area contributed by atoms with Gasteiger partial charge >= 0.3 is 6.03 Å². The number of piperidine rings is 1. The third-order valence-corrected chi connectivity index (χ3v) is 5.98. The van der Waals surface area contributed by atoms with Gasteiger partial charge < -0.3 is 9.80 Å². The van der Waals surface area contributed by atoms with Crippen LogP contribution in [0.1, 0.15) is 32.0 Å².